The van der Waals surface area contributed by atoms with Crippen LogP contribution >= 0.6 is 0 Å². The zero-order valence-corrected chi connectivity index (χ0v) is 10.3. The van der Waals surface area contributed by atoms with Gasteiger partial charge in [0.2, 0.25) is 5.89 Å². The first-order valence-electron chi connectivity index (χ1n) is 5.55. The summed E-state index contributed by atoms with van der Waals surface area (Å²) in [6.07, 6.45) is 2.77. The molecule has 19 heavy (non-hydrogen) atoms. The van der Waals surface area contributed by atoms with Gasteiger partial charge in [-0.25, -0.2) is 19.2 Å². The maximum atomic E-state index is 13.8. The Balaban J connectivity index is 2.24. The van der Waals surface area contributed by atoms with Gasteiger partial charge in [-0.3, -0.25) is 0 Å². The standard InChI is InChI=1S/C12H12FN3O3/c1-6-5-15-11(19-6)7(2)16-10-9(13)8(12(17)18)3-4-14-10/h3-5,7H,1-2H3,(H,14,16)(H,17,18). The van der Waals surface area contributed by atoms with E-state index in [0.717, 1.165) is 6.07 Å². The van der Waals surface area contributed by atoms with Crippen molar-refractivity contribution in [3.05, 3.63) is 41.5 Å². The van der Waals surface area contributed by atoms with E-state index in [1.807, 2.05) is 0 Å². The zero-order chi connectivity index (χ0) is 14.0. The van der Waals surface area contributed by atoms with E-state index in [2.05, 4.69) is 15.3 Å². The summed E-state index contributed by atoms with van der Waals surface area (Å²) in [5, 5.41) is 11.5. The first kappa shape index (κ1) is 13.0. The molecule has 0 amide bonds. The van der Waals surface area contributed by atoms with Crippen LogP contribution in [-0.4, -0.2) is 21.0 Å². The van der Waals surface area contributed by atoms with Crippen LogP contribution < -0.4 is 5.32 Å². The normalized spacial score (nSPS) is 12.2. The molecule has 0 aliphatic heterocycles. The average molecular weight is 265 g/mol. The maximum Gasteiger partial charge on any atom is 0.338 e. The summed E-state index contributed by atoms with van der Waals surface area (Å²) in [4.78, 5) is 18.6. The Morgan fingerprint density at radius 2 is 2.26 bits per heavy atom. The number of hydrogen-bond acceptors (Lipinski definition) is 5. The highest BCUT2D eigenvalue weighted by molar-refractivity contribution is 5.88. The first-order valence-corrected chi connectivity index (χ1v) is 5.55. The van der Waals surface area contributed by atoms with Crippen LogP contribution in [-0.2, 0) is 0 Å². The zero-order valence-electron chi connectivity index (χ0n) is 10.3. The summed E-state index contributed by atoms with van der Waals surface area (Å²) in [5.74, 6) is -1.40. The van der Waals surface area contributed by atoms with Crippen LogP contribution in [0.1, 0.15) is 35.0 Å². The molecule has 2 rings (SSSR count). The van der Waals surface area contributed by atoms with Crippen molar-refractivity contribution in [2.75, 3.05) is 5.32 Å². The number of aromatic carboxylic acids is 1. The highest BCUT2D eigenvalue weighted by atomic mass is 19.1. The fourth-order valence-electron chi connectivity index (χ4n) is 1.55. The lowest BCUT2D eigenvalue weighted by molar-refractivity contribution is 0.0692. The third-order valence-corrected chi connectivity index (χ3v) is 2.48. The average Bonchev–Trinajstić information content (AvgIpc) is 2.78. The lowest BCUT2D eigenvalue weighted by Gasteiger charge is -2.12. The van der Waals surface area contributed by atoms with Gasteiger partial charge in [-0.1, -0.05) is 0 Å². The molecule has 0 aliphatic carbocycles. The molecule has 0 fully saturated rings. The highest BCUT2D eigenvalue weighted by Gasteiger charge is 2.18. The second-order valence-corrected chi connectivity index (χ2v) is 4.00. The van der Waals surface area contributed by atoms with Gasteiger partial charge < -0.3 is 14.8 Å². The molecule has 2 aromatic heterocycles. The predicted octanol–water partition coefficient (Wildman–Crippen LogP) is 2.39. The first-order chi connectivity index (χ1) is 8.99. The van der Waals surface area contributed by atoms with Crippen molar-refractivity contribution >= 4 is 11.8 Å². The number of aromatic nitrogens is 2. The fraction of sp³-hybridized carbons (Fsp3) is 0.250. The van der Waals surface area contributed by atoms with E-state index in [9.17, 15) is 9.18 Å². The number of hydrogen-bond donors (Lipinski definition) is 2. The van der Waals surface area contributed by atoms with Crippen LogP contribution in [0.5, 0.6) is 0 Å². The SMILES string of the molecule is Cc1cnc(C(C)Nc2nccc(C(=O)O)c2F)o1. The number of halogens is 1. The maximum absolute atomic E-state index is 13.8. The van der Waals surface area contributed by atoms with Crippen molar-refractivity contribution in [3.63, 3.8) is 0 Å². The van der Waals surface area contributed by atoms with Crippen molar-refractivity contribution in [1.29, 1.82) is 0 Å². The van der Waals surface area contributed by atoms with Crippen LogP contribution in [0.25, 0.3) is 0 Å². The molecule has 0 spiro atoms. The molecular formula is C12H12FN3O3. The van der Waals surface area contributed by atoms with Gasteiger partial charge >= 0.3 is 5.97 Å². The Morgan fingerprint density at radius 3 is 2.84 bits per heavy atom. The monoisotopic (exact) mass is 265 g/mol. The van der Waals surface area contributed by atoms with Crippen molar-refractivity contribution < 1.29 is 18.7 Å². The molecule has 0 radical (unpaired) electrons. The summed E-state index contributed by atoms with van der Waals surface area (Å²) in [5.41, 5.74) is -0.437. The number of nitrogens with zero attached hydrogens (tertiary/aromatic N) is 2. The topological polar surface area (TPSA) is 88.2 Å². The van der Waals surface area contributed by atoms with Crippen molar-refractivity contribution in [2.24, 2.45) is 0 Å². The van der Waals surface area contributed by atoms with Gasteiger partial charge in [-0.05, 0) is 19.9 Å². The largest absolute Gasteiger partial charge is 0.478 e. The summed E-state index contributed by atoms with van der Waals surface area (Å²) in [6.45, 7) is 3.45. The van der Waals surface area contributed by atoms with Gasteiger partial charge in [-0.2, -0.15) is 0 Å². The lowest BCUT2D eigenvalue weighted by atomic mass is 10.2. The number of nitrogens with one attached hydrogen (secondary N) is 1. The molecule has 2 aromatic rings. The van der Waals surface area contributed by atoms with E-state index >= 15 is 0 Å². The number of carboxylic acids is 1. The second kappa shape index (κ2) is 5.05. The van der Waals surface area contributed by atoms with Gasteiger partial charge in [-0.15, -0.1) is 0 Å². The number of carboxylic acid groups (broad SMARTS) is 1. The molecule has 0 bridgehead atoms. The number of pyridine rings is 1. The van der Waals surface area contributed by atoms with Crippen LogP contribution in [0, 0.1) is 12.7 Å². The number of aryl methyl sites for hydroxylation is 1. The third kappa shape index (κ3) is 2.70. The van der Waals surface area contributed by atoms with Gasteiger partial charge in [0.15, 0.2) is 11.6 Å². The number of oxazole rings is 1. The van der Waals surface area contributed by atoms with Gasteiger partial charge in [0, 0.05) is 6.20 Å². The smallest absolute Gasteiger partial charge is 0.338 e. The third-order valence-electron chi connectivity index (χ3n) is 2.48. The minimum Gasteiger partial charge on any atom is -0.478 e. The van der Waals surface area contributed by atoms with E-state index in [1.165, 1.54) is 6.20 Å². The number of carbonyl (C=O) groups is 1. The Labute approximate surface area is 108 Å². The lowest BCUT2D eigenvalue weighted by Crippen LogP contribution is -2.12. The number of rotatable bonds is 4. The van der Waals surface area contributed by atoms with Crippen LogP contribution in [0.15, 0.2) is 22.9 Å². The summed E-state index contributed by atoms with van der Waals surface area (Å²) < 4.78 is 19.1. The Kier molecular flexibility index (Phi) is 3.46. The Bertz CT molecular complexity index is 612. The van der Waals surface area contributed by atoms with E-state index < -0.39 is 23.4 Å². The quantitative estimate of drug-likeness (QED) is 0.882. The van der Waals surface area contributed by atoms with Gasteiger partial charge in [0.25, 0.3) is 0 Å². The van der Waals surface area contributed by atoms with E-state index in [0.29, 0.717) is 11.7 Å². The molecule has 100 valence electrons. The van der Waals surface area contributed by atoms with E-state index in [-0.39, 0.29) is 5.82 Å². The van der Waals surface area contributed by atoms with Crippen LogP contribution in [0.3, 0.4) is 0 Å². The van der Waals surface area contributed by atoms with Crippen molar-refractivity contribution in [3.8, 4) is 0 Å². The minimum absolute atomic E-state index is 0.150. The molecule has 1 unspecified atom stereocenters. The van der Waals surface area contributed by atoms with E-state index in [4.69, 9.17) is 9.52 Å². The summed E-state index contributed by atoms with van der Waals surface area (Å²) >= 11 is 0. The fourth-order valence-corrected chi connectivity index (χ4v) is 1.55. The molecule has 0 saturated carbocycles. The van der Waals surface area contributed by atoms with Crippen molar-refractivity contribution in [2.45, 2.75) is 19.9 Å². The summed E-state index contributed by atoms with van der Waals surface area (Å²) in [6, 6.07) is 0.669. The molecule has 6 nitrogen and oxygen atoms in total. The van der Waals surface area contributed by atoms with Crippen molar-refractivity contribution in [1.82, 2.24) is 9.97 Å². The molecule has 2 N–H and O–H groups in total. The van der Waals surface area contributed by atoms with Crippen LogP contribution in [0.2, 0.25) is 0 Å². The van der Waals surface area contributed by atoms with Gasteiger partial charge in [0.05, 0.1) is 6.20 Å². The highest BCUT2D eigenvalue weighted by Crippen LogP contribution is 2.21. The molecule has 0 aliphatic rings. The van der Waals surface area contributed by atoms with Crippen LogP contribution in [0.4, 0.5) is 10.2 Å². The molecule has 0 saturated heterocycles. The predicted molar refractivity (Wildman–Crippen MR) is 64.4 cm³/mol. The Morgan fingerprint density at radius 1 is 1.53 bits per heavy atom. The Hall–Kier alpha value is -2.44. The molecular weight excluding hydrogens is 253 g/mol. The minimum atomic E-state index is -1.34. The summed E-state index contributed by atoms with van der Waals surface area (Å²) in [7, 11) is 0. The molecule has 1 atom stereocenters. The van der Waals surface area contributed by atoms with E-state index in [1.54, 1.807) is 20.0 Å². The molecule has 2 heterocycles. The van der Waals surface area contributed by atoms with Gasteiger partial charge in [0.1, 0.15) is 17.4 Å². The number of anilines is 1. The molecule has 0 aromatic carbocycles. The second-order valence-electron chi connectivity index (χ2n) is 4.00. The molecule has 7 heteroatoms.